The van der Waals surface area contributed by atoms with Gasteiger partial charge >= 0.3 is 0 Å². The largest absolute Gasteiger partial charge is 0.436 e. The molecule has 0 bridgehead atoms. The lowest BCUT2D eigenvalue weighted by Gasteiger charge is -2.26. The molecule has 10 rings (SSSR count). The topological polar surface area (TPSA) is 107 Å². The van der Waals surface area contributed by atoms with Crippen molar-refractivity contribution in [1.82, 2.24) is 24.9 Å². The second-order valence-electron chi connectivity index (χ2n) is 11.8. The predicted octanol–water partition coefficient (Wildman–Crippen LogP) is 10.5. The van der Waals surface area contributed by atoms with Crippen molar-refractivity contribution in [1.29, 1.82) is 0 Å². The maximum Gasteiger partial charge on any atom is 0.229 e. The number of hydrogen-bond acceptors (Lipinski definition) is 9. The van der Waals surface area contributed by atoms with Crippen molar-refractivity contribution in [3.8, 4) is 34.2 Å². The van der Waals surface area contributed by atoms with Crippen LogP contribution in [0.25, 0.3) is 78.6 Å². The number of oxazole rings is 2. The highest BCUT2D eigenvalue weighted by Gasteiger charge is 2.17. The van der Waals surface area contributed by atoms with Crippen LogP contribution in [0.15, 0.2) is 159 Å². The fourth-order valence-corrected chi connectivity index (χ4v) is 6.28. The first-order chi connectivity index (χ1) is 24.7. The van der Waals surface area contributed by atoms with Crippen molar-refractivity contribution < 1.29 is 13.3 Å². The maximum atomic E-state index is 6.04. The van der Waals surface area contributed by atoms with Gasteiger partial charge in [-0.2, -0.15) is 0 Å². The van der Waals surface area contributed by atoms with Gasteiger partial charge in [0.1, 0.15) is 22.9 Å². The van der Waals surface area contributed by atoms with Crippen LogP contribution in [0.4, 0.5) is 17.1 Å². The molecule has 50 heavy (non-hydrogen) atoms. The van der Waals surface area contributed by atoms with E-state index < -0.39 is 0 Å². The van der Waals surface area contributed by atoms with E-state index in [4.69, 9.17) is 18.2 Å². The third kappa shape index (κ3) is 4.76. The second-order valence-corrected chi connectivity index (χ2v) is 11.8. The minimum absolute atomic E-state index is 0.529. The highest BCUT2D eigenvalue weighted by molar-refractivity contribution is 6.01. The third-order valence-electron chi connectivity index (χ3n) is 8.75. The van der Waals surface area contributed by atoms with Crippen molar-refractivity contribution in [3.05, 3.63) is 146 Å². The van der Waals surface area contributed by atoms with E-state index >= 15 is 0 Å². The van der Waals surface area contributed by atoms with Gasteiger partial charge in [0.15, 0.2) is 16.7 Å². The van der Waals surface area contributed by atoms with E-state index in [-0.39, 0.29) is 0 Å². The molecule has 0 N–H and O–H groups in total. The molecule has 5 aromatic carbocycles. The number of nitrogens with zero attached hydrogens (tertiary/aromatic N) is 6. The molecule has 10 aromatic rings. The molecular formula is C41H24N6O3. The molecule has 0 aliphatic heterocycles. The van der Waals surface area contributed by atoms with E-state index in [9.17, 15) is 0 Å². The summed E-state index contributed by atoms with van der Waals surface area (Å²) < 4.78 is 18.0. The number of furan rings is 1. The number of anilines is 3. The Morgan fingerprint density at radius 1 is 0.460 bits per heavy atom. The number of pyridine rings is 1. The van der Waals surface area contributed by atoms with E-state index in [2.05, 4.69) is 73.4 Å². The normalized spacial score (nSPS) is 11.6. The summed E-state index contributed by atoms with van der Waals surface area (Å²) in [5.41, 5.74) is 11.5. The zero-order valence-electron chi connectivity index (χ0n) is 26.3. The van der Waals surface area contributed by atoms with Crippen LogP contribution in [-0.2, 0) is 0 Å². The fourth-order valence-electron chi connectivity index (χ4n) is 6.28. The minimum Gasteiger partial charge on any atom is -0.436 e. The van der Waals surface area contributed by atoms with Crippen molar-refractivity contribution in [2.45, 2.75) is 0 Å². The molecule has 5 aromatic heterocycles. The summed E-state index contributed by atoms with van der Waals surface area (Å²) in [4.78, 5) is 24.8. The molecule has 0 aliphatic rings. The van der Waals surface area contributed by atoms with Crippen LogP contribution in [0.5, 0.6) is 0 Å². The number of fused-ring (bicyclic) bond motifs is 5. The van der Waals surface area contributed by atoms with Crippen LogP contribution < -0.4 is 4.90 Å². The molecule has 0 aliphatic carbocycles. The molecular weight excluding hydrogens is 624 g/mol. The lowest BCUT2D eigenvalue weighted by molar-refractivity contribution is 0.619. The number of hydrogen-bond donors (Lipinski definition) is 0. The first kappa shape index (κ1) is 27.9. The average Bonchev–Trinajstić information content (AvgIpc) is 3.91. The fraction of sp³-hybridized carbons (Fsp3) is 0. The Labute approximate surface area is 284 Å². The van der Waals surface area contributed by atoms with Gasteiger partial charge in [0.2, 0.25) is 17.5 Å². The summed E-state index contributed by atoms with van der Waals surface area (Å²) in [6.07, 6.45) is 3.18. The Morgan fingerprint density at radius 3 is 1.56 bits per heavy atom. The summed E-state index contributed by atoms with van der Waals surface area (Å²) in [6.45, 7) is 0. The van der Waals surface area contributed by atoms with E-state index in [0.29, 0.717) is 23.1 Å². The summed E-state index contributed by atoms with van der Waals surface area (Å²) in [5.74, 6) is 1.16. The van der Waals surface area contributed by atoms with E-state index in [1.54, 1.807) is 6.20 Å². The van der Waals surface area contributed by atoms with E-state index in [1.807, 2.05) is 84.9 Å². The highest BCUT2D eigenvalue weighted by atomic mass is 16.4. The van der Waals surface area contributed by atoms with Gasteiger partial charge in [-0.15, -0.1) is 0 Å². The van der Waals surface area contributed by atoms with E-state index in [0.717, 1.165) is 72.5 Å². The minimum atomic E-state index is 0.529. The third-order valence-corrected chi connectivity index (χ3v) is 8.75. The number of rotatable bonds is 6. The Kier molecular flexibility index (Phi) is 6.28. The Balaban J connectivity index is 1.02. The molecule has 0 saturated heterocycles. The summed E-state index contributed by atoms with van der Waals surface area (Å²) in [6, 6.07) is 44.3. The van der Waals surface area contributed by atoms with Gasteiger partial charge in [0.25, 0.3) is 0 Å². The van der Waals surface area contributed by atoms with Crippen LogP contribution in [-0.4, -0.2) is 24.9 Å². The van der Waals surface area contributed by atoms with Crippen LogP contribution in [0.1, 0.15) is 0 Å². The Hall–Kier alpha value is -7.13. The van der Waals surface area contributed by atoms with Gasteiger partial charge in [0, 0.05) is 33.8 Å². The van der Waals surface area contributed by atoms with Crippen molar-refractivity contribution in [2.75, 3.05) is 4.90 Å². The first-order valence-corrected chi connectivity index (χ1v) is 16.1. The maximum absolute atomic E-state index is 6.04. The molecule has 0 amide bonds. The van der Waals surface area contributed by atoms with Gasteiger partial charge in [0.05, 0.1) is 17.3 Å². The summed E-state index contributed by atoms with van der Waals surface area (Å²) in [5, 5.41) is 0.858. The first-order valence-electron chi connectivity index (χ1n) is 16.1. The molecule has 0 atom stereocenters. The van der Waals surface area contributed by atoms with Crippen molar-refractivity contribution in [2.24, 2.45) is 0 Å². The quantitative estimate of drug-likeness (QED) is 0.174. The van der Waals surface area contributed by atoms with Gasteiger partial charge in [-0.1, -0.05) is 36.4 Å². The number of para-hydroxylation sites is 4. The highest BCUT2D eigenvalue weighted by Crippen LogP contribution is 2.38. The van der Waals surface area contributed by atoms with Gasteiger partial charge in [-0.25, -0.2) is 24.9 Å². The molecule has 0 unspecified atom stereocenters. The van der Waals surface area contributed by atoms with Crippen LogP contribution in [0, 0.1) is 0 Å². The molecule has 9 heteroatoms. The molecule has 236 valence electrons. The van der Waals surface area contributed by atoms with Crippen molar-refractivity contribution in [3.63, 3.8) is 0 Å². The van der Waals surface area contributed by atoms with Crippen LogP contribution in [0.3, 0.4) is 0 Å². The monoisotopic (exact) mass is 648 g/mol. The Bertz CT molecular complexity index is 2640. The molecule has 0 fully saturated rings. The number of aromatic nitrogens is 5. The Morgan fingerprint density at radius 2 is 1.00 bits per heavy atom. The predicted molar refractivity (Wildman–Crippen MR) is 193 cm³/mol. The lowest BCUT2D eigenvalue weighted by atomic mass is 10.1. The van der Waals surface area contributed by atoms with Crippen molar-refractivity contribution >= 4 is 61.5 Å². The van der Waals surface area contributed by atoms with Crippen LogP contribution in [0.2, 0.25) is 0 Å². The lowest BCUT2D eigenvalue weighted by Crippen LogP contribution is -2.09. The average molecular weight is 649 g/mol. The molecule has 0 saturated carbocycles. The standard InChI is InChI=1S/C41H24N6O3/c1-3-7-35-33(5-1)45-39(48-35)26-11-17-29(18-12-26)47(30-19-13-27(14-20-30)40-46-34-6-2-4-8-36(34)49-40)28-15-9-25(10-16-28)32-22-21-31-38-37(23-42-24-43-38)50-41(31)44-32/h1-24H. The second kappa shape index (κ2) is 11.2. The SMILES string of the molecule is c1ccc2oc(-c3ccc(N(c4ccc(-c5ccc6c(n5)oc5cncnc56)cc4)c4ccc(-c5nc6ccccc6o5)cc4)cc3)nc2c1. The molecule has 5 heterocycles. The van der Waals surface area contributed by atoms with Gasteiger partial charge in [-0.05, 0) is 97.1 Å². The number of benzene rings is 5. The van der Waals surface area contributed by atoms with Gasteiger partial charge in [-0.3, -0.25) is 0 Å². The molecule has 0 radical (unpaired) electrons. The molecule has 0 spiro atoms. The van der Waals surface area contributed by atoms with Gasteiger partial charge < -0.3 is 18.2 Å². The zero-order chi connectivity index (χ0) is 33.0. The molecule has 9 nitrogen and oxygen atoms in total. The summed E-state index contributed by atoms with van der Waals surface area (Å²) in [7, 11) is 0. The zero-order valence-corrected chi connectivity index (χ0v) is 26.3. The summed E-state index contributed by atoms with van der Waals surface area (Å²) >= 11 is 0. The van der Waals surface area contributed by atoms with E-state index in [1.165, 1.54) is 6.33 Å². The van der Waals surface area contributed by atoms with Crippen LogP contribution >= 0.6 is 0 Å². The smallest absolute Gasteiger partial charge is 0.229 e.